The van der Waals surface area contributed by atoms with E-state index in [-0.39, 0.29) is 0 Å². The second-order valence-corrected chi connectivity index (χ2v) is 15.7. The summed E-state index contributed by atoms with van der Waals surface area (Å²) in [5.74, 6) is 0. The molecule has 0 saturated heterocycles. The quantitative estimate of drug-likeness (QED) is 0.141. The zero-order valence-electron chi connectivity index (χ0n) is 34.1. The highest BCUT2D eigenvalue weighted by Crippen LogP contribution is 2.47. The van der Waals surface area contributed by atoms with E-state index in [0.29, 0.717) is 0 Å². The predicted molar refractivity (Wildman–Crippen MR) is 263 cm³/mol. The Hall–Kier alpha value is -8.20. The zero-order chi connectivity index (χ0) is 41.2. The lowest BCUT2D eigenvalue weighted by Crippen LogP contribution is -2.10. The molecule has 0 unspecified atom stereocenters. The minimum atomic E-state index is 1.10. The summed E-state index contributed by atoms with van der Waals surface area (Å²) in [4.78, 5) is 2.41. The molecule has 0 spiro atoms. The van der Waals surface area contributed by atoms with E-state index in [9.17, 15) is 0 Å². The number of benzene rings is 10. The van der Waals surface area contributed by atoms with Gasteiger partial charge in [0.25, 0.3) is 0 Å². The smallest absolute Gasteiger partial charge is 0.0562 e. The Bertz CT molecular complexity index is 3310. The Labute approximate surface area is 362 Å². The van der Waals surface area contributed by atoms with Crippen LogP contribution in [0, 0.1) is 0 Å². The maximum Gasteiger partial charge on any atom is 0.0562 e. The number of hydrogen-bond acceptors (Lipinski definition) is 1. The van der Waals surface area contributed by atoms with Gasteiger partial charge in [0.2, 0.25) is 0 Å². The van der Waals surface area contributed by atoms with Crippen LogP contribution >= 0.6 is 0 Å². The Kier molecular flexibility index (Phi) is 9.57. The van der Waals surface area contributed by atoms with Crippen molar-refractivity contribution in [1.29, 1.82) is 0 Å². The van der Waals surface area contributed by atoms with Gasteiger partial charge in [-0.1, -0.05) is 200 Å². The third-order valence-electron chi connectivity index (χ3n) is 12.0. The number of rotatable bonds is 9. The molecule has 0 aliphatic carbocycles. The molecule has 1 heterocycles. The lowest BCUT2D eigenvalue weighted by Gasteiger charge is -2.27. The van der Waals surface area contributed by atoms with Crippen molar-refractivity contribution in [2.24, 2.45) is 0 Å². The molecule has 11 rings (SSSR count). The Morgan fingerprint density at radius 2 is 0.726 bits per heavy atom. The second-order valence-electron chi connectivity index (χ2n) is 15.7. The average molecular weight is 791 g/mol. The average Bonchev–Trinajstić information content (AvgIpc) is 3.70. The third-order valence-corrected chi connectivity index (χ3v) is 12.0. The molecule has 0 radical (unpaired) electrons. The third kappa shape index (κ3) is 6.65. The molecular weight excluding hydrogens is 749 g/mol. The normalized spacial score (nSPS) is 11.2. The highest BCUT2D eigenvalue weighted by molar-refractivity contribution is 6.17. The molecule has 0 bridgehead atoms. The number of nitrogens with zero attached hydrogens (tertiary/aromatic N) is 2. The van der Waals surface area contributed by atoms with Crippen LogP contribution in [-0.4, -0.2) is 4.57 Å². The summed E-state index contributed by atoms with van der Waals surface area (Å²) in [7, 11) is 0. The van der Waals surface area contributed by atoms with Gasteiger partial charge >= 0.3 is 0 Å². The van der Waals surface area contributed by atoms with E-state index in [4.69, 9.17) is 0 Å². The van der Waals surface area contributed by atoms with Crippen LogP contribution in [0.1, 0.15) is 0 Å². The topological polar surface area (TPSA) is 8.17 Å². The molecule has 1 aromatic heterocycles. The Balaban J connectivity index is 1.17. The largest absolute Gasteiger partial charge is 0.310 e. The minimum Gasteiger partial charge on any atom is -0.310 e. The monoisotopic (exact) mass is 790 g/mol. The number of aromatic nitrogens is 1. The Morgan fingerprint density at radius 1 is 0.274 bits per heavy atom. The van der Waals surface area contributed by atoms with Crippen molar-refractivity contribution in [2.75, 3.05) is 4.90 Å². The van der Waals surface area contributed by atoms with Crippen molar-refractivity contribution in [3.63, 3.8) is 0 Å². The van der Waals surface area contributed by atoms with Gasteiger partial charge in [-0.05, 0) is 105 Å². The molecule has 0 fully saturated rings. The fourth-order valence-electron chi connectivity index (χ4n) is 9.19. The SMILES string of the molecule is c1ccc(-c2ccc(N(c3ccccc3)c3cccc4c3c3ccccc3n4-c3ccc(-c4ccccc4-c4ccccc4)cc3-c3ccccc3-c3ccccc3)cc2)cc1. The zero-order valence-corrected chi connectivity index (χ0v) is 34.1. The first-order valence-electron chi connectivity index (χ1n) is 21.3. The highest BCUT2D eigenvalue weighted by atomic mass is 15.1. The van der Waals surface area contributed by atoms with Crippen molar-refractivity contribution in [2.45, 2.75) is 0 Å². The molecule has 0 N–H and O–H groups in total. The summed E-state index contributed by atoms with van der Waals surface area (Å²) >= 11 is 0. The summed E-state index contributed by atoms with van der Waals surface area (Å²) in [5.41, 5.74) is 18.6. The van der Waals surface area contributed by atoms with E-state index in [2.05, 4.69) is 264 Å². The van der Waals surface area contributed by atoms with E-state index in [0.717, 1.165) is 39.3 Å². The standard InChI is InChI=1S/C60H42N2/c1-5-20-43(21-6-1)44-36-39-49(40-37-44)61(48-26-11-4-12-27-48)58-34-19-35-59-60(58)54-32-17-18-33-56(54)62(59)57-41-38-47(52-30-14-13-28-50(52)45-22-7-2-8-23-45)42-55(57)53-31-16-15-29-51(53)46-24-9-3-10-25-46/h1-42H. The van der Waals surface area contributed by atoms with E-state index in [1.165, 1.54) is 60.8 Å². The summed E-state index contributed by atoms with van der Waals surface area (Å²) < 4.78 is 2.49. The van der Waals surface area contributed by atoms with Crippen molar-refractivity contribution in [1.82, 2.24) is 4.57 Å². The Morgan fingerprint density at radius 3 is 1.37 bits per heavy atom. The molecular formula is C60H42N2. The number of anilines is 3. The van der Waals surface area contributed by atoms with Gasteiger partial charge in [0.05, 0.1) is 22.4 Å². The van der Waals surface area contributed by atoms with Gasteiger partial charge < -0.3 is 9.47 Å². The number of para-hydroxylation sites is 2. The van der Waals surface area contributed by atoms with Crippen LogP contribution in [0.4, 0.5) is 17.1 Å². The summed E-state index contributed by atoms with van der Waals surface area (Å²) in [6.45, 7) is 0. The summed E-state index contributed by atoms with van der Waals surface area (Å²) in [5, 5.41) is 2.39. The van der Waals surface area contributed by atoms with Gasteiger partial charge in [0.1, 0.15) is 0 Å². The van der Waals surface area contributed by atoms with Gasteiger partial charge in [-0.25, -0.2) is 0 Å². The molecule has 0 amide bonds. The van der Waals surface area contributed by atoms with Gasteiger partial charge in [-0.3, -0.25) is 0 Å². The summed E-state index contributed by atoms with van der Waals surface area (Å²) in [6, 6.07) is 92.1. The minimum absolute atomic E-state index is 1.10. The fourth-order valence-corrected chi connectivity index (χ4v) is 9.19. The molecule has 292 valence electrons. The van der Waals surface area contributed by atoms with Crippen LogP contribution in [0.25, 0.3) is 83.1 Å². The van der Waals surface area contributed by atoms with Crippen LogP contribution < -0.4 is 4.90 Å². The molecule has 0 saturated carbocycles. The van der Waals surface area contributed by atoms with E-state index < -0.39 is 0 Å². The predicted octanol–water partition coefficient (Wildman–Crippen LogP) is 16.6. The first-order chi connectivity index (χ1) is 30.8. The molecule has 11 aromatic rings. The van der Waals surface area contributed by atoms with Crippen molar-refractivity contribution in [3.05, 3.63) is 255 Å². The maximum absolute atomic E-state index is 2.49. The van der Waals surface area contributed by atoms with Crippen LogP contribution in [0.2, 0.25) is 0 Å². The molecule has 2 nitrogen and oxygen atoms in total. The van der Waals surface area contributed by atoms with Crippen LogP contribution in [0.3, 0.4) is 0 Å². The first kappa shape index (κ1) is 36.8. The molecule has 0 aliphatic heterocycles. The molecule has 0 aliphatic rings. The fraction of sp³-hybridized carbons (Fsp3) is 0. The molecule has 2 heteroatoms. The van der Waals surface area contributed by atoms with Crippen molar-refractivity contribution >= 4 is 38.9 Å². The van der Waals surface area contributed by atoms with Crippen molar-refractivity contribution < 1.29 is 0 Å². The molecule has 10 aromatic carbocycles. The second kappa shape index (κ2) is 16.1. The number of fused-ring (bicyclic) bond motifs is 3. The van der Waals surface area contributed by atoms with Crippen LogP contribution in [0.15, 0.2) is 255 Å². The highest BCUT2D eigenvalue weighted by Gasteiger charge is 2.23. The molecule has 62 heavy (non-hydrogen) atoms. The van der Waals surface area contributed by atoms with Gasteiger partial charge in [0, 0.05) is 27.7 Å². The lowest BCUT2D eigenvalue weighted by atomic mass is 9.89. The van der Waals surface area contributed by atoms with E-state index >= 15 is 0 Å². The van der Waals surface area contributed by atoms with Crippen LogP contribution in [-0.2, 0) is 0 Å². The van der Waals surface area contributed by atoms with Gasteiger partial charge in [-0.2, -0.15) is 0 Å². The van der Waals surface area contributed by atoms with E-state index in [1.54, 1.807) is 0 Å². The van der Waals surface area contributed by atoms with Crippen molar-refractivity contribution in [3.8, 4) is 61.3 Å². The number of hydrogen-bond donors (Lipinski definition) is 0. The molecule has 0 atom stereocenters. The van der Waals surface area contributed by atoms with Gasteiger partial charge in [-0.15, -0.1) is 0 Å². The van der Waals surface area contributed by atoms with Crippen LogP contribution in [0.5, 0.6) is 0 Å². The van der Waals surface area contributed by atoms with E-state index in [1.807, 2.05) is 0 Å². The maximum atomic E-state index is 2.49. The lowest BCUT2D eigenvalue weighted by molar-refractivity contribution is 1.18. The van der Waals surface area contributed by atoms with Gasteiger partial charge in [0.15, 0.2) is 0 Å². The summed E-state index contributed by atoms with van der Waals surface area (Å²) in [6.07, 6.45) is 0. The first-order valence-corrected chi connectivity index (χ1v) is 21.3.